The van der Waals surface area contributed by atoms with E-state index < -0.39 is 0 Å². The summed E-state index contributed by atoms with van der Waals surface area (Å²) in [7, 11) is 1.60. The van der Waals surface area contributed by atoms with Crippen molar-refractivity contribution in [1.82, 2.24) is 4.98 Å². The van der Waals surface area contributed by atoms with Crippen LogP contribution in [0.2, 0.25) is 0 Å². The van der Waals surface area contributed by atoms with Gasteiger partial charge in [-0.2, -0.15) is 0 Å². The Balaban J connectivity index is 2.08. The van der Waals surface area contributed by atoms with Crippen LogP contribution in [0.4, 0.5) is 5.69 Å². The standard InChI is InChI=1S/C15H18N2O2/c1-11(13-5-3-4-12(8-13)10-18)17-14-6-7-15(19-2)16-9-14/h3-9,11,17-18H,10H2,1-2H3/t11-/m1/s1. The van der Waals surface area contributed by atoms with Gasteiger partial charge in [0.15, 0.2) is 0 Å². The number of aromatic nitrogens is 1. The number of hydrogen-bond donors (Lipinski definition) is 2. The molecule has 0 aliphatic heterocycles. The summed E-state index contributed by atoms with van der Waals surface area (Å²) in [5.41, 5.74) is 2.98. The van der Waals surface area contributed by atoms with Gasteiger partial charge in [0.05, 0.1) is 25.6 Å². The Kier molecular flexibility index (Phi) is 4.36. The Morgan fingerprint density at radius 3 is 2.79 bits per heavy atom. The number of rotatable bonds is 5. The maximum atomic E-state index is 9.15. The average Bonchev–Trinajstić information content (AvgIpc) is 2.48. The van der Waals surface area contributed by atoms with Crippen molar-refractivity contribution >= 4 is 5.69 Å². The number of nitrogens with zero attached hydrogens (tertiary/aromatic N) is 1. The molecule has 0 aliphatic rings. The SMILES string of the molecule is COc1ccc(N[C@H](C)c2cccc(CO)c2)cn1. The van der Waals surface area contributed by atoms with Crippen molar-refractivity contribution in [3.8, 4) is 5.88 Å². The molecule has 0 radical (unpaired) electrons. The first-order chi connectivity index (χ1) is 9.22. The van der Waals surface area contributed by atoms with Gasteiger partial charge in [0.25, 0.3) is 0 Å². The summed E-state index contributed by atoms with van der Waals surface area (Å²) in [6.07, 6.45) is 1.74. The maximum Gasteiger partial charge on any atom is 0.213 e. The third-order valence-corrected chi connectivity index (χ3v) is 2.96. The number of anilines is 1. The Hall–Kier alpha value is -2.07. The molecule has 2 rings (SSSR count). The molecular weight excluding hydrogens is 240 g/mol. The molecule has 0 fully saturated rings. The lowest BCUT2D eigenvalue weighted by Crippen LogP contribution is -2.07. The summed E-state index contributed by atoms with van der Waals surface area (Å²) in [6.45, 7) is 2.13. The highest BCUT2D eigenvalue weighted by atomic mass is 16.5. The summed E-state index contributed by atoms with van der Waals surface area (Å²) in [5, 5.41) is 12.5. The van der Waals surface area contributed by atoms with Crippen LogP contribution in [0.25, 0.3) is 0 Å². The summed E-state index contributed by atoms with van der Waals surface area (Å²) in [5.74, 6) is 0.598. The van der Waals surface area contributed by atoms with Crippen LogP contribution in [0.3, 0.4) is 0 Å². The van der Waals surface area contributed by atoms with E-state index in [1.54, 1.807) is 13.3 Å². The number of aliphatic hydroxyl groups is 1. The second-order valence-electron chi connectivity index (χ2n) is 4.36. The Morgan fingerprint density at radius 1 is 1.32 bits per heavy atom. The van der Waals surface area contributed by atoms with Gasteiger partial charge in [-0.15, -0.1) is 0 Å². The van der Waals surface area contributed by atoms with E-state index in [1.165, 1.54) is 0 Å². The van der Waals surface area contributed by atoms with Gasteiger partial charge in [0.1, 0.15) is 0 Å². The van der Waals surface area contributed by atoms with Gasteiger partial charge >= 0.3 is 0 Å². The summed E-state index contributed by atoms with van der Waals surface area (Å²) in [4.78, 5) is 4.15. The molecule has 2 aromatic rings. The van der Waals surface area contributed by atoms with Crippen LogP contribution in [0.15, 0.2) is 42.6 Å². The lowest BCUT2D eigenvalue weighted by Gasteiger charge is -2.16. The van der Waals surface area contributed by atoms with E-state index in [-0.39, 0.29) is 12.6 Å². The smallest absolute Gasteiger partial charge is 0.213 e. The fourth-order valence-electron chi connectivity index (χ4n) is 1.88. The van der Waals surface area contributed by atoms with Gasteiger partial charge < -0.3 is 15.2 Å². The quantitative estimate of drug-likeness (QED) is 0.866. The maximum absolute atomic E-state index is 9.15. The highest BCUT2D eigenvalue weighted by Crippen LogP contribution is 2.20. The molecule has 0 spiro atoms. The molecule has 1 atom stereocenters. The van der Waals surface area contributed by atoms with E-state index in [4.69, 9.17) is 9.84 Å². The Morgan fingerprint density at radius 2 is 2.16 bits per heavy atom. The molecule has 100 valence electrons. The first-order valence-corrected chi connectivity index (χ1v) is 6.19. The topological polar surface area (TPSA) is 54.4 Å². The van der Waals surface area contributed by atoms with Gasteiger partial charge in [-0.05, 0) is 24.1 Å². The first-order valence-electron chi connectivity index (χ1n) is 6.19. The van der Waals surface area contributed by atoms with E-state index in [9.17, 15) is 0 Å². The van der Waals surface area contributed by atoms with Gasteiger partial charge in [0, 0.05) is 12.1 Å². The van der Waals surface area contributed by atoms with E-state index in [1.807, 2.05) is 36.4 Å². The molecule has 0 saturated heterocycles. The predicted molar refractivity (Wildman–Crippen MR) is 75.2 cm³/mol. The minimum absolute atomic E-state index is 0.0602. The van der Waals surface area contributed by atoms with Crippen LogP contribution in [-0.2, 0) is 6.61 Å². The van der Waals surface area contributed by atoms with Gasteiger partial charge in [-0.1, -0.05) is 24.3 Å². The highest BCUT2D eigenvalue weighted by Gasteiger charge is 2.06. The van der Waals surface area contributed by atoms with Crippen molar-refractivity contribution in [2.24, 2.45) is 0 Å². The van der Waals surface area contributed by atoms with Crippen molar-refractivity contribution in [1.29, 1.82) is 0 Å². The molecule has 0 bridgehead atoms. The number of aliphatic hydroxyl groups excluding tert-OH is 1. The van der Waals surface area contributed by atoms with Crippen LogP contribution >= 0.6 is 0 Å². The zero-order valence-corrected chi connectivity index (χ0v) is 11.1. The lowest BCUT2D eigenvalue weighted by atomic mass is 10.1. The van der Waals surface area contributed by atoms with Crippen molar-refractivity contribution in [3.63, 3.8) is 0 Å². The molecule has 1 heterocycles. The molecule has 0 amide bonds. The number of methoxy groups -OCH3 is 1. The number of benzene rings is 1. The second-order valence-corrected chi connectivity index (χ2v) is 4.36. The summed E-state index contributed by atoms with van der Waals surface area (Å²) < 4.78 is 5.02. The minimum atomic E-state index is 0.0602. The minimum Gasteiger partial charge on any atom is -0.481 e. The number of ether oxygens (including phenoxy) is 1. The van der Waals surface area contributed by atoms with Crippen LogP contribution in [-0.4, -0.2) is 17.2 Å². The van der Waals surface area contributed by atoms with Gasteiger partial charge in [-0.3, -0.25) is 0 Å². The molecular formula is C15H18N2O2. The van der Waals surface area contributed by atoms with Crippen molar-refractivity contribution in [2.45, 2.75) is 19.6 Å². The monoisotopic (exact) mass is 258 g/mol. The first kappa shape index (κ1) is 13.4. The van der Waals surface area contributed by atoms with Crippen molar-refractivity contribution in [2.75, 3.05) is 12.4 Å². The molecule has 19 heavy (non-hydrogen) atoms. The largest absolute Gasteiger partial charge is 0.481 e. The van der Waals surface area contributed by atoms with E-state index in [0.29, 0.717) is 5.88 Å². The molecule has 2 N–H and O–H groups in total. The summed E-state index contributed by atoms with van der Waals surface area (Å²) in [6, 6.07) is 11.8. The Bertz CT molecular complexity index is 526. The molecule has 1 aromatic heterocycles. The summed E-state index contributed by atoms with van der Waals surface area (Å²) >= 11 is 0. The number of nitrogens with one attached hydrogen (secondary N) is 1. The zero-order chi connectivity index (χ0) is 13.7. The van der Waals surface area contributed by atoms with E-state index >= 15 is 0 Å². The van der Waals surface area contributed by atoms with Crippen molar-refractivity contribution in [3.05, 3.63) is 53.7 Å². The third-order valence-electron chi connectivity index (χ3n) is 2.96. The molecule has 0 aliphatic carbocycles. The molecule has 0 saturated carbocycles. The van der Waals surface area contributed by atoms with E-state index in [2.05, 4.69) is 17.2 Å². The fourth-order valence-corrected chi connectivity index (χ4v) is 1.88. The van der Waals surface area contributed by atoms with Crippen LogP contribution in [0.5, 0.6) is 5.88 Å². The van der Waals surface area contributed by atoms with Gasteiger partial charge in [-0.25, -0.2) is 4.98 Å². The van der Waals surface area contributed by atoms with Crippen LogP contribution < -0.4 is 10.1 Å². The number of pyridine rings is 1. The molecule has 0 unspecified atom stereocenters. The normalized spacial score (nSPS) is 11.9. The zero-order valence-electron chi connectivity index (χ0n) is 11.1. The van der Waals surface area contributed by atoms with Crippen LogP contribution in [0, 0.1) is 0 Å². The number of hydrogen-bond acceptors (Lipinski definition) is 4. The second kappa shape index (κ2) is 6.20. The fraction of sp³-hybridized carbons (Fsp3) is 0.267. The highest BCUT2D eigenvalue weighted by molar-refractivity contribution is 5.44. The van der Waals surface area contributed by atoms with Crippen LogP contribution in [0.1, 0.15) is 24.1 Å². The third kappa shape index (κ3) is 3.45. The van der Waals surface area contributed by atoms with Gasteiger partial charge in [0.2, 0.25) is 5.88 Å². The van der Waals surface area contributed by atoms with E-state index in [0.717, 1.165) is 16.8 Å². The Labute approximate surface area is 113 Å². The predicted octanol–water partition coefficient (Wildman–Crippen LogP) is 2.76. The molecule has 4 heteroatoms. The molecule has 4 nitrogen and oxygen atoms in total. The lowest BCUT2D eigenvalue weighted by molar-refractivity contribution is 0.281. The molecule has 1 aromatic carbocycles. The average molecular weight is 258 g/mol. The van der Waals surface area contributed by atoms with Crippen molar-refractivity contribution < 1.29 is 9.84 Å².